The van der Waals surface area contributed by atoms with Gasteiger partial charge in [0.05, 0.1) is 18.7 Å². The third-order valence-corrected chi connectivity index (χ3v) is 1.94. The van der Waals surface area contributed by atoms with Gasteiger partial charge < -0.3 is 10.4 Å². The van der Waals surface area contributed by atoms with Gasteiger partial charge in [-0.05, 0) is 20.8 Å². The van der Waals surface area contributed by atoms with E-state index in [9.17, 15) is 9.90 Å². The molecule has 0 saturated heterocycles. The molecule has 0 heterocycles. The van der Waals surface area contributed by atoms with Crippen molar-refractivity contribution in [2.75, 3.05) is 19.6 Å². The van der Waals surface area contributed by atoms with E-state index in [1.807, 2.05) is 24.8 Å². The van der Waals surface area contributed by atoms with Crippen molar-refractivity contribution in [3.8, 4) is 6.07 Å². The summed E-state index contributed by atoms with van der Waals surface area (Å²) in [4.78, 5) is 13.2. The Labute approximate surface area is 90.7 Å². The van der Waals surface area contributed by atoms with Crippen molar-refractivity contribution in [2.45, 2.75) is 32.9 Å². The number of hydrogen-bond acceptors (Lipinski definition) is 4. The third-order valence-electron chi connectivity index (χ3n) is 1.94. The van der Waals surface area contributed by atoms with E-state index in [0.717, 1.165) is 0 Å². The van der Waals surface area contributed by atoms with E-state index in [1.165, 1.54) is 0 Å². The quantitative estimate of drug-likeness (QED) is 0.595. The molecule has 0 aliphatic carbocycles. The average Bonchev–Trinajstić information content (AvgIpc) is 2.12. The minimum Gasteiger partial charge on any atom is -0.392 e. The van der Waals surface area contributed by atoms with E-state index in [1.54, 1.807) is 6.92 Å². The van der Waals surface area contributed by atoms with Gasteiger partial charge in [0.1, 0.15) is 6.54 Å². The molecule has 5 heteroatoms. The van der Waals surface area contributed by atoms with Crippen LogP contribution in [0, 0.1) is 11.3 Å². The number of rotatable bonds is 6. The summed E-state index contributed by atoms with van der Waals surface area (Å²) >= 11 is 0. The highest BCUT2D eigenvalue weighted by Gasteiger charge is 2.15. The van der Waals surface area contributed by atoms with Crippen LogP contribution in [-0.2, 0) is 4.79 Å². The molecule has 0 radical (unpaired) electrons. The van der Waals surface area contributed by atoms with Crippen LogP contribution in [0.3, 0.4) is 0 Å². The molecule has 0 fully saturated rings. The summed E-state index contributed by atoms with van der Waals surface area (Å²) in [6, 6.07) is 2.03. The normalized spacial score (nSPS) is 12.6. The van der Waals surface area contributed by atoms with Crippen molar-refractivity contribution in [3.63, 3.8) is 0 Å². The Balaban J connectivity index is 4.05. The second kappa shape index (κ2) is 7.21. The lowest BCUT2D eigenvalue weighted by Crippen LogP contribution is -2.43. The fraction of sp³-hybridized carbons (Fsp3) is 0.800. The summed E-state index contributed by atoms with van der Waals surface area (Å²) in [5, 5.41) is 20.0. The van der Waals surface area contributed by atoms with Gasteiger partial charge in [-0.1, -0.05) is 0 Å². The number of hydrogen-bond donors (Lipinski definition) is 2. The summed E-state index contributed by atoms with van der Waals surface area (Å²) in [6.45, 7) is 6.30. The van der Waals surface area contributed by atoms with E-state index in [4.69, 9.17) is 5.26 Å². The number of nitrogens with one attached hydrogen (secondary N) is 1. The van der Waals surface area contributed by atoms with Crippen molar-refractivity contribution in [1.29, 1.82) is 5.26 Å². The summed E-state index contributed by atoms with van der Waals surface area (Å²) in [7, 11) is 0. The zero-order chi connectivity index (χ0) is 11.8. The van der Waals surface area contributed by atoms with Crippen molar-refractivity contribution in [3.05, 3.63) is 0 Å². The SMILES string of the molecule is CC(O)CN(CC(=O)NCC#N)C(C)C. The number of aliphatic hydroxyl groups is 1. The van der Waals surface area contributed by atoms with Gasteiger partial charge in [-0.15, -0.1) is 0 Å². The number of aliphatic hydroxyl groups excluding tert-OH is 1. The second-order valence-corrected chi connectivity index (χ2v) is 3.81. The Bertz CT molecular complexity index is 233. The van der Waals surface area contributed by atoms with Gasteiger partial charge in [0, 0.05) is 12.6 Å². The highest BCUT2D eigenvalue weighted by atomic mass is 16.3. The number of amides is 1. The first-order valence-corrected chi connectivity index (χ1v) is 5.03. The largest absolute Gasteiger partial charge is 0.392 e. The van der Waals surface area contributed by atoms with Gasteiger partial charge in [-0.2, -0.15) is 5.26 Å². The summed E-state index contributed by atoms with van der Waals surface area (Å²) in [5.74, 6) is -0.189. The maximum Gasteiger partial charge on any atom is 0.235 e. The van der Waals surface area contributed by atoms with Gasteiger partial charge >= 0.3 is 0 Å². The molecule has 15 heavy (non-hydrogen) atoms. The molecular formula is C10H19N3O2. The van der Waals surface area contributed by atoms with Gasteiger partial charge in [0.15, 0.2) is 0 Å². The number of carbonyl (C=O) groups excluding carboxylic acids is 1. The smallest absolute Gasteiger partial charge is 0.235 e. The van der Waals surface area contributed by atoms with E-state index in [2.05, 4.69) is 5.32 Å². The monoisotopic (exact) mass is 213 g/mol. The Morgan fingerprint density at radius 3 is 2.53 bits per heavy atom. The Morgan fingerprint density at radius 1 is 1.53 bits per heavy atom. The standard InChI is InChI=1S/C10H19N3O2/c1-8(2)13(6-9(3)14)7-10(15)12-5-4-11/h8-9,14H,5-7H2,1-3H3,(H,12,15). The van der Waals surface area contributed by atoms with Gasteiger partial charge in [0.25, 0.3) is 0 Å². The Hall–Kier alpha value is -1.12. The Morgan fingerprint density at radius 2 is 2.13 bits per heavy atom. The molecule has 1 atom stereocenters. The minimum atomic E-state index is -0.462. The van der Waals surface area contributed by atoms with Crippen molar-refractivity contribution >= 4 is 5.91 Å². The molecule has 1 unspecified atom stereocenters. The highest BCUT2D eigenvalue weighted by Crippen LogP contribution is 1.99. The van der Waals surface area contributed by atoms with Gasteiger partial charge in [0.2, 0.25) is 5.91 Å². The number of nitriles is 1. The first-order valence-electron chi connectivity index (χ1n) is 5.03. The predicted molar refractivity (Wildman–Crippen MR) is 57.0 cm³/mol. The van der Waals surface area contributed by atoms with Crippen LogP contribution in [0.4, 0.5) is 0 Å². The van der Waals surface area contributed by atoms with E-state index < -0.39 is 6.10 Å². The zero-order valence-corrected chi connectivity index (χ0v) is 9.53. The van der Waals surface area contributed by atoms with Crippen LogP contribution >= 0.6 is 0 Å². The molecule has 0 aliphatic heterocycles. The molecule has 0 aromatic rings. The Kier molecular flexibility index (Phi) is 6.67. The lowest BCUT2D eigenvalue weighted by molar-refractivity contribution is -0.122. The van der Waals surface area contributed by atoms with Crippen LogP contribution in [0.5, 0.6) is 0 Å². The summed E-state index contributed by atoms with van der Waals surface area (Å²) in [5.41, 5.74) is 0. The lowest BCUT2D eigenvalue weighted by atomic mass is 10.2. The van der Waals surface area contributed by atoms with E-state index in [0.29, 0.717) is 6.54 Å². The van der Waals surface area contributed by atoms with Crippen molar-refractivity contribution in [2.24, 2.45) is 0 Å². The molecule has 5 nitrogen and oxygen atoms in total. The molecule has 86 valence electrons. The maximum atomic E-state index is 11.3. The minimum absolute atomic E-state index is 0.0272. The fourth-order valence-corrected chi connectivity index (χ4v) is 1.18. The van der Waals surface area contributed by atoms with Crippen molar-refractivity contribution in [1.82, 2.24) is 10.2 Å². The predicted octanol–water partition coefficient (Wildman–Crippen LogP) is -0.283. The van der Waals surface area contributed by atoms with E-state index in [-0.39, 0.29) is 25.0 Å². The van der Waals surface area contributed by atoms with Gasteiger partial charge in [-0.25, -0.2) is 0 Å². The molecule has 2 N–H and O–H groups in total. The van der Waals surface area contributed by atoms with Crippen LogP contribution in [0.2, 0.25) is 0 Å². The lowest BCUT2D eigenvalue weighted by Gasteiger charge is -2.26. The third kappa shape index (κ3) is 6.89. The molecule has 0 bridgehead atoms. The summed E-state index contributed by atoms with van der Waals surface area (Å²) < 4.78 is 0. The number of carbonyl (C=O) groups is 1. The average molecular weight is 213 g/mol. The van der Waals surface area contributed by atoms with E-state index >= 15 is 0 Å². The van der Waals surface area contributed by atoms with Gasteiger partial charge in [-0.3, -0.25) is 9.69 Å². The van der Waals surface area contributed by atoms with Crippen molar-refractivity contribution < 1.29 is 9.90 Å². The highest BCUT2D eigenvalue weighted by molar-refractivity contribution is 5.78. The summed E-state index contributed by atoms with van der Waals surface area (Å²) in [6.07, 6.45) is -0.462. The van der Waals surface area contributed by atoms with Crippen LogP contribution in [0.25, 0.3) is 0 Å². The van der Waals surface area contributed by atoms with Crippen LogP contribution in [0.1, 0.15) is 20.8 Å². The first kappa shape index (κ1) is 13.9. The maximum absolute atomic E-state index is 11.3. The molecule has 1 amide bonds. The first-order chi connectivity index (χ1) is 6.97. The van der Waals surface area contributed by atoms with Crippen LogP contribution in [-0.4, -0.2) is 47.7 Å². The molecule has 0 aromatic heterocycles. The molecule has 0 saturated carbocycles. The van der Waals surface area contributed by atoms with Crippen LogP contribution < -0.4 is 5.32 Å². The molecule has 0 spiro atoms. The zero-order valence-electron chi connectivity index (χ0n) is 9.53. The second-order valence-electron chi connectivity index (χ2n) is 3.81. The topological polar surface area (TPSA) is 76.4 Å². The molecule has 0 aliphatic rings. The molecular weight excluding hydrogens is 194 g/mol. The number of nitrogens with zero attached hydrogens (tertiary/aromatic N) is 2. The van der Waals surface area contributed by atoms with Crippen LogP contribution in [0.15, 0.2) is 0 Å². The molecule has 0 rings (SSSR count). The molecule has 0 aromatic carbocycles. The fourth-order valence-electron chi connectivity index (χ4n) is 1.18.